The van der Waals surface area contributed by atoms with E-state index in [4.69, 9.17) is 11.6 Å². The summed E-state index contributed by atoms with van der Waals surface area (Å²) < 4.78 is 0. The van der Waals surface area contributed by atoms with Gasteiger partial charge in [0.2, 0.25) is 11.8 Å². The molecule has 0 spiro atoms. The minimum absolute atomic E-state index is 0.0151. The molecule has 1 aromatic rings. The predicted octanol–water partition coefficient (Wildman–Crippen LogP) is 2.26. The van der Waals surface area contributed by atoms with Crippen molar-refractivity contribution in [3.05, 3.63) is 34.9 Å². The lowest BCUT2D eigenvalue weighted by molar-refractivity contribution is -0.135. The van der Waals surface area contributed by atoms with Gasteiger partial charge in [-0.25, -0.2) is 0 Å². The largest absolute Gasteiger partial charge is 0.355 e. The van der Waals surface area contributed by atoms with Crippen molar-refractivity contribution in [1.29, 1.82) is 0 Å². The molecule has 0 aliphatic rings. The summed E-state index contributed by atoms with van der Waals surface area (Å²) >= 11 is 5.91. The van der Waals surface area contributed by atoms with Crippen molar-refractivity contribution in [2.45, 2.75) is 26.7 Å². The number of carbonyl (C=O) groups is 2. The fourth-order valence-electron chi connectivity index (χ4n) is 1.90. The first kappa shape index (κ1) is 16.5. The maximum Gasteiger partial charge on any atom is 0.239 e. The highest BCUT2D eigenvalue weighted by Gasteiger charge is 2.14. The van der Waals surface area contributed by atoms with Crippen molar-refractivity contribution < 1.29 is 9.59 Å². The molecule has 0 saturated heterocycles. The van der Waals surface area contributed by atoms with E-state index in [0.717, 1.165) is 5.56 Å². The first-order valence-corrected chi connectivity index (χ1v) is 7.23. The third kappa shape index (κ3) is 5.61. The number of nitrogens with zero attached hydrogens (tertiary/aromatic N) is 1. The summed E-state index contributed by atoms with van der Waals surface area (Å²) in [6.07, 6.45) is 1.01. The number of hydrogen-bond acceptors (Lipinski definition) is 2. The summed E-state index contributed by atoms with van der Waals surface area (Å²) in [7, 11) is 0. The number of benzene rings is 1. The van der Waals surface area contributed by atoms with Crippen LogP contribution in [0, 0.1) is 0 Å². The van der Waals surface area contributed by atoms with Crippen LogP contribution in [0.2, 0.25) is 5.02 Å². The van der Waals surface area contributed by atoms with Crippen molar-refractivity contribution >= 4 is 23.4 Å². The second-order valence-electron chi connectivity index (χ2n) is 4.49. The third-order valence-electron chi connectivity index (χ3n) is 2.96. The van der Waals surface area contributed by atoms with Gasteiger partial charge in [-0.2, -0.15) is 0 Å². The molecule has 0 aromatic heterocycles. The highest BCUT2D eigenvalue weighted by molar-refractivity contribution is 6.30. The lowest BCUT2D eigenvalue weighted by Gasteiger charge is -2.20. The molecule has 0 atom stereocenters. The Bertz CT molecular complexity index is 463. The van der Waals surface area contributed by atoms with Gasteiger partial charge in [0, 0.05) is 24.5 Å². The molecule has 0 aliphatic heterocycles. The van der Waals surface area contributed by atoms with Crippen LogP contribution >= 0.6 is 11.6 Å². The van der Waals surface area contributed by atoms with Gasteiger partial charge >= 0.3 is 0 Å². The molecule has 0 fully saturated rings. The van der Waals surface area contributed by atoms with E-state index in [0.29, 0.717) is 31.0 Å². The standard InChI is InChI=1S/C15H21ClN2O2/c1-3-17-14(19)11-18(4-2)15(20)9-8-12-6-5-7-13(16)10-12/h5-7,10H,3-4,8-9,11H2,1-2H3,(H,17,19). The van der Waals surface area contributed by atoms with Crippen LogP contribution in [0.25, 0.3) is 0 Å². The van der Waals surface area contributed by atoms with E-state index in [1.54, 1.807) is 11.0 Å². The van der Waals surface area contributed by atoms with Gasteiger partial charge in [-0.05, 0) is 38.0 Å². The molecule has 20 heavy (non-hydrogen) atoms. The zero-order chi connectivity index (χ0) is 15.0. The minimum Gasteiger partial charge on any atom is -0.355 e. The molecule has 110 valence electrons. The average molecular weight is 297 g/mol. The zero-order valence-electron chi connectivity index (χ0n) is 12.0. The third-order valence-corrected chi connectivity index (χ3v) is 3.19. The minimum atomic E-state index is -0.120. The number of aryl methyl sites for hydroxylation is 1. The molecule has 0 aliphatic carbocycles. The maximum absolute atomic E-state index is 12.1. The number of carbonyl (C=O) groups excluding carboxylic acids is 2. The van der Waals surface area contributed by atoms with Crippen LogP contribution < -0.4 is 5.32 Å². The Morgan fingerprint density at radius 1 is 1.30 bits per heavy atom. The number of nitrogens with one attached hydrogen (secondary N) is 1. The van der Waals surface area contributed by atoms with Crippen molar-refractivity contribution in [3.8, 4) is 0 Å². The van der Waals surface area contributed by atoms with E-state index < -0.39 is 0 Å². The SMILES string of the molecule is CCNC(=O)CN(CC)C(=O)CCc1cccc(Cl)c1. The Kier molecular flexibility index (Phi) is 7.09. The molecule has 4 nitrogen and oxygen atoms in total. The van der Waals surface area contributed by atoms with Crippen LogP contribution in [-0.4, -0.2) is 36.3 Å². The fraction of sp³-hybridized carbons (Fsp3) is 0.467. The van der Waals surface area contributed by atoms with Crippen LogP contribution in [0.15, 0.2) is 24.3 Å². The second kappa shape index (κ2) is 8.59. The first-order valence-electron chi connectivity index (χ1n) is 6.85. The fourth-order valence-corrected chi connectivity index (χ4v) is 2.12. The first-order chi connectivity index (χ1) is 9.56. The number of likely N-dealkylation sites (N-methyl/N-ethyl adjacent to an activating group) is 2. The smallest absolute Gasteiger partial charge is 0.239 e. The van der Waals surface area contributed by atoms with E-state index >= 15 is 0 Å². The van der Waals surface area contributed by atoms with Crippen molar-refractivity contribution in [2.75, 3.05) is 19.6 Å². The summed E-state index contributed by atoms with van der Waals surface area (Å²) in [6, 6.07) is 7.48. The van der Waals surface area contributed by atoms with Crippen molar-refractivity contribution in [1.82, 2.24) is 10.2 Å². The lowest BCUT2D eigenvalue weighted by atomic mass is 10.1. The van der Waals surface area contributed by atoms with Crippen LogP contribution in [0.5, 0.6) is 0 Å². The molecule has 0 bridgehead atoms. The van der Waals surface area contributed by atoms with E-state index in [2.05, 4.69) is 5.32 Å². The molecular formula is C15H21ClN2O2. The molecular weight excluding hydrogens is 276 g/mol. The quantitative estimate of drug-likeness (QED) is 0.839. The zero-order valence-corrected chi connectivity index (χ0v) is 12.7. The van der Waals surface area contributed by atoms with Crippen LogP contribution in [-0.2, 0) is 16.0 Å². The van der Waals surface area contributed by atoms with E-state index in [-0.39, 0.29) is 18.4 Å². The van der Waals surface area contributed by atoms with Crippen LogP contribution in [0.4, 0.5) is 0 Å². The predicted molar refractivity (Wildman–Crippen MR) is 80.7 cm³/mol. The van der Waals surface area contributed by atoms with Gasteiger partial charge in [0.1, 0.15) is 0 Å². The Balaban J connectivity index is 2.49. The summed E-state index contributed by atoms with van der Waals surface area (Å²) in [4.78, 5) is 25.2. The number of hydrogen-bond donors (Lipinski definition) is 1. The van der Waals surface area contributed by atoms with Gasteiger partial charge in [-0.1, -0.05) is 23.7 Å². The number of rotatable bonds is 7. The van der Waals surface area contributed by atoms with E-state index in [1.165, 1.54) is 0 Å². The number of halogens is 1. The molecule has 0 unspecified atom stereocenters. The van der Waals surface area contributed by atoms with Gasteiger partial charge < -0.3 is 10.2 Å². The van der Waals surface area contributed by atoms with E-state index in [1.807, 2.05) is 32.0 Å². The Hall–Kier alpha value is -1.55. The Morgan fingerprint density at radius 2 is 2.05 bits per heavy atom. The normalized spacial score (nSPS) is 10.2. The summed E-state index contributed by atoms with van der Waals surface area (Å²) in [5, 5.41) is 3.37. The highest BCUT2D eigenvalue weighted by atomic mass is 35.5. The molecule has 0 saturated carbocycles. The molecule has 1 rings (SSSR count). The molecule has 0 heterocycles. The van der Waals surface area contributed by atoms with E-state index in [9.17, 15) is 9.59 Å². The maximum atomic E-state index is 12.1. The molecule has 2 amide bonds. The molecule has 1 N–H and O–H groups in total. The van der Waals surface area contributed by atoms with Crippen molar-refractivity contribution in [2.24, 2.45) is 0 Å². The number of amides is 2. The lowest BCUT2D eigenvalue weighted by Crippen LogP contribution is -2.40. The van der Waals surface area contributed by atoms with Gasteiger partial charge in [-0.15, -0.1) is 0 Å². The Morgan fingerprint density at radius 3 is 2.65 bits per heavy atom. The summed E-state index contributed by atoms with van der Waals surface area (Å²) in [6.45, 7) is 4.96. The monoisotopic (exact) mass is 296 g/mol. The second-order valence-corrected chi connectivity index (χ2v) is 4.93. The van der Waals surface area contributed by atoms with Crippen LogP contribution in [0.3, 0.4) is 0 Å². The molecule has 0 radical (unpaired) electrons. The highest BCUT2D eigenvalue weighted by Crippen LogP contribution is 2.12. The van der Waals surface area contributed by atoms with Gasteiger partial charge in [0.15, 0.2) is 0 Å². The molecule has 5 heteroatoms. The summed E-state index contributed by atoms with van der Waals surface area (Å²) in [5.41, 5.74) is 1.03. The van der Waals surface area contributed by atoms with Gasteiger partial charge in [-0.3, -0.25) is 9.59 Å². The van der Waals surface area contributed by atoms with Gasteiger partial charge in [0.25, 0.3) is 0 Å². The summed E-state index contributed by atoms with van der Waals surface area (Å²) in [5.74, 6) is -0.135. The van der Waals surface area contributed by atoms with Crippen molar-refractivity contribution in [3.63, 3.8) is 0 Å². The van der Waals surface area contributed by atoms with Crippen LogP contribution in [0.1, 0.15) is 25.8 Å². The topological polar surface area (TPSA) is 49.4 Å². The van der Waals surface area contributed by atoms with Gasteiger partial charge in [0.05, 0.1) is 6.54 Å². The molecule has 1 aromatic carbocycles. The Labute approximate surface area is 125 Å². The average Bonchev–Trinajstić information content (AvgIpc) is 2.42.